The Labute approximate surface area is 219 Å². The van der Waals surface area contributed by atoms with E-state index >= 15 is 0 Å². The molecule has 3 amide bonds. The van der Waals surface area contributed by atoms with Crippen LogP contribution < -0.4 is 10.6 Å². The van der Waals surface area contributed by atoms with Gasteiger partial charge in [0.2, 0.25) is 0 Å². The lowest BCUT2D eigenvalue weighted by molar-refractivity contribution is -0.138. The first-order valence-corrected chi connectivity index (χ1v) is 11.5. The van der Waals surface area contributed by atoms with Crippen molar-refractivity contribution in [3.05, 3.63) is 103 Å². The second-order valence-electron chi connectivity index (χ2n) is 7.41. The molecule has 35 heavy (non-hydrogen) atoms. The van der Waals surface area contributed by atoms with Crippen LogP contribution in [0.3, 0.4) is 0 Å². The summed E-state index contributed by atoms with van der Waals surface area (Å²) in [5.74, 6) is -2.34. The van der Waals surface area contributed by atoms with Gasteiger partial charge in [-0.2, -0.15) is 0 Å². The zero-order valence-corrected chi connectivity index (χ0v) is 20.6. The summed E-state index contributed by atoms with van der Waals surface area (Å²) in [7, 11) is 0. The highest BCUT2D eigenvalue weighted by Gasteiger charge is 2.38. The van der Waals surface area contributed by atoms with Crippen molar-refractivity contribution in [2.24, 2.45) is 0 Å². The quantitative estimate of drug-likeness (QED) is 0.343. The maximum atomic E-state index is 13.3. The zero-order chi connectivity index (χ0) is 25.3. The molecule has 0 saturated carbocycles. The number of carbonyl (C=O) groups is 3. The third kappa shape index (κ3) is 5.44. The van der Waals surface area contributed by atoms with Crippen LogP contribution in [0, 0.1) is 5.82 Å². The lowest BCUT2D eigenvalue weighted by Gasteiger charge is -2.16. The SMILES string of the molecule is O=C(Nc1ccc(F)c(Cl)c1)c1ccc(NC2=C(Cl)C(=O)N(Cc3ccc(Cl)cc3Cl)C2=O)cc1. The summed E-state index contributed by atoms with van der Waals surface area (Å²) < 4.78 is 13.3. The number of carbonyl (C=O) groups excluding carboxylic acids is 3. The van der Waals surface area contributed by atoms with Crippen LogP contribution in [0.25, 0.3) is 0 Å². The second kappa shape index (κ2) is 10.3. The number of hydrogen-bond donors (Lipinski definition) is 2. The molecule has 0 spiro atoms. The zero-order valence-electron chi connectivity index (χ0n) is 17.5. The van der Waals surface area contributed by atoms with E-state index in [9.17, 15) is 18.8 Å². The fourth-order valence-electron chi connectivity index (χ4n) is 3.25. The molecule has 0 radical (unpaired) electrons. The summed E-state index contributed by atoms with van der Waals surface area (Å²) in [4.78, 5) is 38.9. The Kier molecular flexibility index (Phi) is 7.33. The van der Waals surface area contributed by atoms with Crippen LogP contribution in [-0.2, 0) is 16.1 Å². The summed E-state index contributed by atoms with van der Waals surface area (Å²) in [5.41, 5.74) is 1.48. The summed E-state index contributed by atoms with van der Waals surface area (Å²) in [6, 6.07) is 14.7. The highest BCUT2D eigenvalue weighted by Crippen LogP contribution is 2.29. The maximum Gasteiger partial charge on any atom is 0.279 e. The van der Waals surface area contributed by atoms with Gasteiger partial charge >= 0.3 is 0 Å². The largest absolute Gasteiger partial charge is 0.350 e. The molecule has 0 atom stereocenters. The molecule has 0 aromatic heterocycles. The Balaban J connectivity index is 1.44. The van der Waals surface area contributed by atoms with E-state index in [2.05, 4.69) is 10.6 Å². The standard InChI is InChI=1S/C24H14Cl4FN3O3/c25-14-4-1-13(17(26)9-14)11-32-23(34)20(28)21(24(32)35)30-15-5-2-12(3-6-15)22(33)31-16-7-8-19(29)18(27)10-16/h1-10,30H,11H2,(H,31,33). The Morgan fingerprint density at radius 2 is 1.51 bits per heavy atom. The van der Waals surface area contributed by atoms with Gasteiger partial charge < -0.3 is 10.6 Å². The predicted molar refractivity (Wildman–Crippen MR) is 134 cm³/mol. The Morgan fingerprint density at radius 1 is 0.829 bits per heavy atom. The van der Waals surface area contributed by atoms with Gasteiger partial charge in [-0.25, -0.2) is 4.39 Å². The summed E-state index contributed by atoms with van der Waals surface area (Å²) in [5, 5.41) is 5.80. The van der Waals surface area contributed by atoms with Crippen LogP contribution >= 0.6 is 46.4 Å². The summed E-state index contributed by atoms with van der Waals surface area (Å²) >= 11 is 23.9. The van der Waals surface area contributed by atoms with E-state index < -0.39 is 23.5 Å². The topological polar surface area (TPSA) is 78.5 Å². The van der Waals surface area contributed by atoms with Crippen LogP contribution in [0.5, 0.6) is 0 Å². The molecule has 0 saturated heterocycles. The molecule has 3 aromatic rings. The first-order chi connectivity index (χ1) is 16.6. The number of hydrogen-bond acceptors (Lipinski definition) is 4. The van der Waals surface area contributed by atoms with Crippen LogP contribution in [-0.4, -0.2) is 22.6 Å². The molecule has 6 nitrogen and oxygen atoms in total. The molecular weight excluding hydrogens is 539 g/mol. The number of nitrogens with zero attached hydrogens (tertiary/aromatic N) is 1. The van der Waals surface area contributed by atoms with Crippen molar-refractivity contribution in [3.8, 4) is 0 Å². The minimum atomic E-state index is -0.667. The fraction of sp³-hybridized carbons (Fsp3) is 0.0417. The average molecular weight is 553 g/mol. The van der Waals surface area contributed by atoms with Gasteiger partial charge in [-0.05, 0) is 60.2 Å². The van der Waals surface area contributed by atoms with E-state index in [0.29, 0.717) is 32.5 Å². The molecule has 3 aromatic carbocycles. The highest BCUT2D eigenvalue weighted by atomic mass is 35.5. The van der Waals surface area contributed by atoms with Crippen LogP contribution in [0.2, 0.25) is 15.1 Å². The second-order valence-corrected chi connectivity index (χ2v) is 9.04. The van der Waals surface area contributed by atoms with E-state index in [4.69, 9.17) is 46.4 Å². The molecule has 1 aliphatic rings. The number of benzene rings is 3. The Bertz CT molecular complexity index is 1390. The third-order valence-corrected chi connectivity index (χ3v) is 6.28. The highest BCUT2D eigenvalue weighted by molar-refractivity contribution is 6.48. The van der Waals surface area contributed by atoms with Crippen molar-refractivity contribution in [1.29, 1.82) is 0 Å². The molecule has 0 aliphatic carbocycles. The number of halogens is 5. The van der Waals surface area contributed by atoms with Crippen LogP contribution in [0.1, 0.15) is 15.9 Å². The first kappa shape index (κ1) is 25.0. The summed E-state index contributed by atoms with van der Waals surface area (Å²) in [6.45, 7) is -0.0818. The number of imide groups is 1. The van der Waals surface area contributed by atoms with Gasteiger partial charge in [0.15, 0.2) is 0 Å². The minimum absolute atomic E-state index is 0.0818. The first-order valence-electron chi connectivity index (χ1n) is 9.97. The van der Waals surface area contributed by atoms with Gasteiger partial charge in [-0.1, -0.05) is 52.5 Å². The minimum Gasteiger partial charge on any atom is -0.350 e. The van der Waals surface area contributed by atoms with Gasteiger partial charge in [0, 0.05) is 27.0 Å². The van der Waals surface area contributed by atoms with Crippen molar-refractivity contribution in [3.63, 3.8) is 0 Å². The molecule has 1 aliphatic heterocycles. The molecule has 11 heteroatoms. The van der Waals surface area contributed by atoms with Crippen molar-refractivity contribution >= 4 is 75.5 Å². The number of nitrogens with one attached hydrogen (secondary N) is 2. The van der Waals surface area contributed by atoms with Crippen LogP contribution in [0.15, 0.2) is 71.4 Å². The molecule has 4 rings (SSSR count). The molecule has 2 N–H and O–H groups in total. The Morgan fingerprint density at radius 3 is 2.17 bits per heavy atom. The number of amides is 3. The van der Waals surface area contributed by atoms with E-state index in [1.165, 1.54) is 30.3 Å². The van der Waals surface area contributed by atoms with Crippen LogP contribution in [0.4, 0.5) is 15.8 Å². The van der Waals surface area contributed by atoms with E-state index in [0.717, 1.165) is 11.0 Å². The third-order valence-electron chi connectivity index (χ3n) is 5.05. The predicted octanol–water partition coefficient (Wildman–Crippen LogP) is 6.47. The molecule has 1 heterocycles. The molecule has 0 bridgehead atoms. The molecular formula is C24H14Cl4FN3O3. The maximum absolute atomic E-state index is 13.3. The van der Waals surface area contributed by atoms with Gasteiger partial charge in [-0.3, -0.25) is 19.3 Å². The molecule has 0 fully saturated rings. The van der Waals surface area contributed by atoms with Crippen molar-refractivity contribution in [2.45, 2.75) is 6.54 Å². The Hall–Kier alpha value is -3.10. The van der Waals surface area contributed by atoms with Gasteiger partial charge in [0.05, 0.1) is 11.6 Å². The average Bonchev–Trinajstić information content (AvgIpc) is 3.02. The normalized spacial score (nSPS) is 13.5. The number of anilines is 2. The smallest absolute Gasteiger partial charge is 0.279 e. The van der Waals surface area contributed by atoms with Gasteiger partial charge in [-0.15, -0.1) is 0 Å². The lowest BCUT2D eigenvalue weighted by atomic mass is 10.2. The van der Waals surface area contributed by atoms with Crippen molar-refractivity contribution < 1.29 is 18.8 Å². The van der Waals surface area contributed by atoms with Gasteiger partial charge in [0.25, 0.3) is 17.7 Å². The van der Waals surface area contributed by atoms with E-state index in [-0.39, 0.29) is 22.3 Å². The lowest BCUT2D eigenvalue weighted by Crippen LogP contribution is -2.32. The molecule has 0 unspecified atom stereocenters. The van der Waals surface area contributed by atoms with Gasteiger partial charge in [0.1, 0.15) is 16.5 Å². The summed E-state index contributed by atoms with van der Waals surface area (Å²) in [6.07, 6.45) is 0. The monoisotopic (exact) mass is 551 g/mol. The fourth-order valence-corrected chi connectivity index (χ4v) is 4.12. The number of rotatable bonds is 6. The van der Waals surface area contributed by atoms with Crippen molar-refractivity contribution in [1.82, 2.24) is 4.90 Å². The van der Waals surface area contributed by atoms with E-state index in [1.807, 2.05) is 0 Å². The van der Waals surface area contributed by atoms with E-state index in [1.54, 1.807) is 24.3 Å². The molecule has 178 valence electrons. The van der Waals surface area contributed by atoms with Crippen molar-refractivity contribution in [2.75, 3.05) is 10.6 Å².